The van der Waals surface area contributed by atoms with E-state index >= 15 is 0 Å². The fourth-order valence-electron chi connectivity index (χ4n) is 1.62. The summed E-state index contributed by atoms with van der Waals surface area (Å²) in [5.74, 6) is -0.219. The molecular weight excluding hydrogens is 233 g/mol. The molecule has 2 N–H and O–H groups in total. The second-order valence-corrected chi connectivity index (χ2v) is 3.73. The Bertz CT molecular complexity index is 517. The molecule has 0 saturated carbocycles. The Morgan fingerprint density at radius 2 is 2.17 bits per heavy atom. The van der Waals surface area contributed by atoms with E-state index in [-0.39, 0.29) is 11.8 Å². The van der Waals surface area contributed by atoms with Gasteiger partial charge in [0.1, 0.15) is 0 Å². The first-order chi connectivity index (χ1) is 8.70. The zero-order chi connectivity index (χ0) is 13.0. The molecule has 0 saturated heterocycles. The summed E-state index contributed by atoms with van der Waals surface area (Å²) in [5, 5.41) is 0. The van der Waals surface area contributed by atoms with Crippen LogP contribution in [0.15, 0.2) is 30.6 Å². The largest absolute Gasteiger partial charge is 0.368 e. The minimum absolute atomic E-state index is 0.0610. The highest BCUT2D eigenvalue weighted by molar-refractivity contribution is 5.42. The van der Waals surface area contributed by atoms with Crippen LogP contribution < -0.4 is 10.6 Å². The molecule has 0 aliphatic heterocycles. The van der Waals surface area contributed by atoms with Crippen molar-refractivity contribution >= 4 is 11.8 Å². The second kappa shape index (κ2) is 5.39. The van der Waals surface area contributed by atoms with Gasteiger partial charge in [-0.25, -0.2) is 9.37 Å². The average molecular weight is 247 g/mol. The van der Waals surface area contributed by atoms with Crippen LogP contribution in [0.2, 0.25) is 0 Å². The predicted molar refractivity (Wildman–Crippen MR) is 67.4 cm³/mol. The van der Waals surface area contributed by atoms with E-state index in [1.165, 1.54) is 0 Å². The van der Waals surface area contributed by atoms with E-state index in [0.717, 1.165) is 11.9 Å². The van der Waals surface area contributed by atoms with E-state index in [9.17, 15) is 4.39 Å². The molecule has 0 unspecified atom stereocenters. The van der Waals surface area contributed by atoms with Crippen molar-refractivity contribution in [1.82, 2.24) is 15.0 Å². The number of rotatable bonds is 4. The van der Waals surface area contributed by atoms with Gasteiger partial charge in [0.2, 0.25) is 5.95 Å². The van der Waals surface area contributed by atoms with Gasteiger partial charge < -0.3 is 10.6 Å². The van der Waals surface area contributed by atoms with Crippen molar-refractivity contribution in [1.29, 1.82) is 0 Å². The molecule has 0 spiro atoms. The highest BCUT2D eigenvalue weighted by Gasteiger charge is 2.13. The van der Waals surface area contributed by atoms with E-state index in [4.69, 9.17) is 5.73 Å². The van der Waals surface area contributed by atoms with Crippen LogP contribution in [0.5, 0.6) is 0 Å². The van der Waals surface area contributed by atoms with Crippen LogP contribution in [0.4, 0.5) is 16.2 Å². The summed E-state index contributed by atoms with van der Waals surface area (Å²) in [6.07, 6.45) is 2.78. The van der Waals surface area contributed by atoms with Crippen molar-refractivity contribution in [2.24, 2.45) is 0 Å². The number of hydrogen-bond donors (Lipinski definition) is 1. The van der Waals surface area contributed by atoms with Crippen LogP contribution in [0.1, 0.15) is 12.6 Å². The maximum absolute atomic E-state index is 13.7. The molecule has 5 nitrogen and oxygen atoms in total. The van der Waals surface area contributed by atoms with Gasteiger partial charge in [0.15, 0.2) is 11.6 Å². The standard InChI is InChI=1S/C12H14FN5/c1-2-18(8-9-5-3-4-6-15-9)11-10(13)7-16-12(14)17-11/h3-7H,2,8H2,1H3,(H2,14,16,17). The fraction of sp³-hybridized carbons (Fsp3) is 0.250. The SMILES string of the molecule is CCN(Cc1ccccn1)c1nc(N)ncc1F. The monoisotopic (exact) mass is 247 g/mol. The molecule has 0 bridgehead atoms. The molecule has 18 heavy (non-hydrogen) atoms. The summed E-state index contributed by atoms with van der Waals surface area (Å²) in [4.78, 5) is 13.5. The number of anilines is 2. The Hall–Kier alpha value is -2.24. The van der Waals surface area contributed by atoms with Crippen molar-refractivity contribution in [2.75, 3.05) is 17.2 Å². The van der Waals surface area contributed by atoms with Crippen LogP contribution >= 0.6 is 0 Å². The fourth-order valence-corrected chi connectivity index (χ4v) is 1.62. The van der Waals surface area contributed by atoms with Gasteiger partial charge in [0.25, 0.3) is 0 Å². The van der Waals surface area contributed by atoms with Gasteiger partial charge in [-0.05, 0) is 19.1 Å². The van der Waals surface area contributed by atoms with Crippen LogP contribution in [0, 0.1) is 5.82 Å². The quantitative estimate of drug-likeness (QED) is 0.889. The first-order valence-corrected chi connectivity index (χ1v) is 5.63. The molecule has 0 atom stereocenters. The summed E-state index contributed by atoms with van der Waals surface area (Å²) in [7, 11) is 0. The Labute approximate surface area is 105 Å². The lowest BCUT2D eigenvalue weighted by Gasteiger charge is -2.21. The van der Waals surface area contributed by atoms with Gasteiger partial charge in [0.05, 0.1) is 18.4 Å². The molecule has 2 aromatic rings. The molecule has 2 rings (SSSR count). The molecule has 94 valence electrons. The predicted octanol–water partition coefficient (Wildman–Crippen LogP) is 1.62. The topological polar surface area (TPSA) is 67.9 Å². The summed E-state index contributed by atoms with van der Waals surface area (Å²) < 4.78 is 13.7. The van der Waals surface area contributed by atoms with Crippen molar-refractivity contribution in [3.63, 3.8) is 0 Å². The first kappa shape index (κ1) is 12.2. The smallest absolute Gasteiger partial charge is 0.222 e. The summed E-state index contributed by atoms with van der Waals surface area (Å²) in [6, 6.07) is 5.61. The van der Waals surface area contributed by atoms with E-state index in [1.807, 2.05) is 25.1 Å². The van der Waals surface area contributed by atoms with Crippen molar-refractivity contribution in [3.05, 3.63) is 42.1 Å². The summed E-state index contributed by atoms with van der Waals surface area (Å²) in [6.45, 7) is 3.00. The number of halogens is 1. The first-order valence-electron chi connectivity index (χ1n) is 5.63. The Balaban J connectivity index is 2.26. The van der Waals surface area contributed by atoms with E-state index in [2.05, 4.69) is 15.0 Å². The molecule has 0 aromatic carbocycles. The molecular formula is C12H14FN5. The maximum atomic E-state index is 13.7. The third-order valence-electron chi connectivity index (χ3n) is 2.50. The van der Waals surface area contributed by atoms with Crippen LogP contribution in [0.3, 0.4) is 0 Å². The molecule has 2 aromatic heterocycles. The van der Waals surface area contributed by atoms with E-state index in [1.54, 1.807) is 11.1 Å². The highest BCUT2D eigenvalue weighted by atomic mass is 19.1. The zero-order valence-electron chi connectivity index (χ0n) is 10.0. The lowest BCUT2D eigenvalue weighted by atomic mass is 10.3. The molecule has 0 radical (unpaired) electrons. The molecule has 0 aliphatic rings. The van der Waals surface area contributed by atoms with Crippen LogP contribution in [0.25, 0.3) is 0 Å². The van der Waals surface area contributed by atoms with E-state index < -0.39 is 5.82 Å². The molecule has 0 amide bonds. The zero-order valence-corrected chi connectivity index (χ0v) is 10.0. The normalized spacial score (nSPS) is 10.3. The lowest BCUT2D eigenvalue weighted by molar-refractivity contribution is 0.602. The Morgan fingerprint density at radius 3 is 2.83 bits per heavy atom. The summed E-state index contributed by atoms with van der Waals surface area (Å²) in [5.41, 5.74) is 6.33. The van der Waals surface area contributed by atoms with Gasteiger partial charge in [0, 0.05) is 12.7 Å². The highest BCUT2D eigenvalue weighted by Crippen LogP contribution is 2.17. The third kappa shape index (κ3) is 2.71. The van der Waals surface area contributed by atoms with Gasteiger partial charge in [-0.2, -0.15) is 4.98 Å². The summed E-state index contributed by atoms with van der Waals surface area (Å²) >= 11 is 0. The van der Waals surface area contributed by atoms with Crippen molar-refractivity contribution < 1.29 is 4.39 Å². The van der Waals surface area contributed by atoms with Crippen LogP contribution in [-0.2, 0) is 6.54 Å². The Morgan fingerprint density at radius 1 is 1.33 bits per heavy atom. The third-order valence-corrected chi connectivity index (χ3v) is 2.50. The Kier molecular flexibility index (Phi) is 3.66. The number of hydrogen-bond acceptors (Lipinski definition) is 5. The molecule has 2 heterocycles. The number of nitrogens with zero attached hydrogens (tertiary/aromatic N) is 4. The molecule has 6 heteroatoms. The van der Waals surface area contributed by atoms with E-state index in [0.29, 0.717) is 13.1 Å². The van der Waals surface area contributed by atoms with Crippen molar-refractivity contribution in [3.8, 4) is 0 Å². The number of nitrogen functional groups attached to an aromatic ring is 1. The van der Waals surface area contributed by atoms with Gasteiger partial charge >= 0.3 is 0 Å². The number of nitrogens with two attached hydrogens (primary N) is 1. The lowest BCUT2D eigenvalue weighted by Crippen LogP contribution is -2.25. The number of aromatic nitrogens is 3. The van der Waals surface area contributed by atoms with Gasteiger partial charge in [-0.3, -0.25) is 4.98 Å². The molecule has 0 fully saturated rings. The maximum Gasteiger partial charge on any atom is 0.222 e. The van der Waals surface area contributed by atoms with Crippen molar-refractivity contribution in [2.45, 2.75) is 13.5 Å². The molecule has 0 aliphatic carbocycles. The average Bonchev–Trinajstić information content (AvgIpc) is 2.40. The number of pyridine rings is 1. The van der Waals surface area contributed by atoms with Gasteiger partial charge in [-0.15, -0.1) is 0 Å². The second-order valence-electron chi connectivity index (χ2n) is 3.73. The minimum Gasteiger partial charge on any atom is -0.368 e. The van der Waals surface area contributed by atoms with Crippen LogP contribution in [-0.4, -0.2) is 21.5 Å². The van der Waals surface area contributed by atoms with Gasteiger partial charge in [-0.1, -0.05) is 6.07 Å². The minimum atomic E-state index is -0.484.